The molecule has 0 aliphatic rings. The molecule has 0 bridgehead atoms. The molecule has 1 N–H and O–H groups in total. The lowest BCUT2D eigenvalue weighted by Crippen LogP contribution is -2.32. The molecule has 1 aromatic carbocycles. The third-order valence-electron chi connectivity index (χ3n) is 2.17. The molecule has 0 heterocycles. The van der Waals surface area contributed by atoms with Crippen molar-refractivity contribution >= 4 is 0 Å². The Kier molecular flexibility index (Phi) is 3.89. The van der Waals surface area contributed by atoms with E-state index in [0.29, 0.717) is 24.3 Å². The molecule has 102 valence electrons. The number of rotatable bonds is 2. The second-order valence-corrected chi connectivity index (χ2v) is 3.51. The molecule has 1 aromatic rings. The molecule has 2 unspecified atom stereocenters. The molecular weight excluding hydrogens is 269 g/mol. The van der Waals surface area contributed by atoms with E-state index in [0.717, 1.165) is 0 Å². The maximum Gasteiger partial charge on any atom is 0.417 e. The molecule has 0 radical (unpaired) electrons. The summed E-state index contributed by atoms with van der Waals surface area (Å²) < 4.78 is 85.6. The van der Waals surface area contributed by atoms with Gasteiger partial charge in [-0.15, -0.1) is 0 Å². The maximum atomic E-state index is 13.2. The summed E-state index contributed by atoms with van der Waals surface area (Å²) >= 11 is 0. The van der Waals surface area contributed by atoms with Crippen LogP contribution in [0.2, 0.25) is 0 Å². The van der Waals surface area contributed by atoms with Gasteiger partial charge in [0.15, 0.2) is 12.3 Å². The van der Waals surface area contributed by atoms with Crippen LogP contribution in [0.4, 0.5) is 30.7 Å². The number of halogens is 7. The van der Waals surface area contributed by atoms with E-state index < -0.39 is 35.8 Å². The third kappa shape index (κ3) is 3.34. The Hall–Kier alpha value is -1.31. The fourth-order valence-corrected chi connectivity index (χ4v) is 1.20. The van der Waals surface area contributed by atoms with Crippen LogP contribution in [0.1, 0.15) is 17.3 Å². The molecular formula is C10H7F7O. The number of hydrogen-bond donors (Lipinski definition) is 1. The van der Waals surface area contributed by atoms with Crippen molar-refractivity contribution in [1.82, 2.24) is 0 Å². The first-order valence-corrected chi connectivity index (χ1v) is 4.59. The predicted octanol–water partition coefficient (Wildman–Crippen LogP) is 3.64. The summed E-state index contributed by atoms with van der Waals surface area (Å²) in [6, 6.07) is 2.01. The Bertz CT molecular complexity index is 392. The lowest BCUT2D eigenvalue weighted by atomic mass is 10.0. The predicted molar refractivity (Wildman–Crippen MR) is 47.4 cm³/mol. The van der Waals surface area contributed by atoms with Crippen molar-refractivity contribution in [3.05, 3.63) is 35.4 Å². The molecule has 0 aliphatic carbocycles. The first-order valence-electron chi connectivity index (χ1n) is 4.59. The Labute approximate surface area is 96.8 Å². The molecule has 1 rings (SSSR count). The van der Waals surface area contributed by atoms with E-state index in [4.69, 9.17) is 5.11 Å². The first kappa shape index (κ1) is 14.7. The molecule has 0 fully saturated rings. The van der Waals surface area contributed by atoms with Gasteiger partial charge in [0.1, 0.15) is 0 Å². The van der Waals surface area contributed by atoms with Crippen LogP contribution in [0, 0.1) is 0 Å². The van der Waals surface area contributed by atoms with Crippen LogP contribution in [0.25, 0.3) is 0 Å². The Balaban J connectivity index is 2.93. The van der Waals surface area contributed by atoms with Gasteiger partial charge in [-0.05, 0) is 17.7 Å². The molecule has 1 nitrogen and oxygen atoms in total. The molecule has 0 amide bonds. The van der Waals surface area contributed by atoms with E-state index in [-0.39, 0.29) is 0 Å². The fraction of sp³-hybridized carbons (Fsp3) is 0.400. The summed E-state index contributed by atoms with van der Waals surface area (Å²) in [5.74, 6) is 0. The zero-order chi connectivity index (χ0) is 14.1. The second kappa shape index (κ2) is 4.75. The molecule has 0 saturated heterocycles. The topological polar surface area (TPSA) is 20.2 Å². The van der Waals surface area contributed by atoms with Crippen molar-refractivity contribution in [1.29, 1.82) is 0 Å². The van der Waals surface area contributed by atoms with Gasteiger partial charge < -0.3 is 5.11 Å². The SMILES string of the molecule is OC(C(F)c1ccc(C(F)(F)F)cc1)C(F)(F)F. The highest BCUT2D eigenvalue weighted by molar-refractivity contribution is 5.26. The second-order valence-electron chi connectivity index (χ2n) is 3.51. The van der Waals surface area contributed by atoms with E-state index >= 15 is 0 Å². The van der Waals surface area contributed by atoms with Crippen LogP contribution in [0.5, 0.6) is 0 Å². The summed E-state index contributed by atoms with van der Waals surface area (Å²) in [4.78, 5) is 0. The van der Waals surface area contributed by atoms with Crippen molar-refractivity contribution in [2.45, 2.75) is 24.6 Å². The van der Waals surface area contributed by atoms with Crippen LogP contribution in [0.15, 0.2) is 24.3 Å². The summed E-state index contributed by atoms with van der Waals surface area (Å²) in [6.07, 6.45) is -15.9. The molecule has 0 spiro atoms. The minimum absolute atomic E-state index is 0.449. The van der Waals surface area contributed by atoms with Gasteiger partial charge in [0.05, 0.1) is 5.56 Å². The zero-order valence-corrected chi connectivity index (χ0v) is 8.56. The number of aliphatic hydroxyl groups excluding tert-OH is 1. The zero-order valence-electron chi connectivity index (χ0n) is 8.56. The first-order chi connectivity index (χ1) is 8.03. The minimum Gasteiger partial charge on any atom is -0.381 e. The van der Waals surface area contributed by atoms with Gasteiger partial charge in [-0.3, -0.25) is 0 Å². The monoisotopic (exact) mass is 276 g/mol. The Morgan fingerprint density at radius 2 is 1.33 bits per heavy atom. The van der Waals surface area contributed by atoms with Crippen molar-refractivity contribution in [3.8, 4) is 0 Å². The third-order valence-corrected chi connectivity index (χ3v) is 2.17. The molecule has 0 aliphatic heterocycles. The van der Waals surface area contributed by atoms with Gasteiger partial charge in [0, 0.05) is 0 Å². The van der Waals surface area contributed by atoms with E-state index in [1.165, 1.54) is 0 Å². The maximum absolute atomic E-state index is 13.2. The van der Waals surface area contributed by atoms with Crippen molar-refractivity contribution in [2.24, 2.45) is 0 Å². The average Bonchev–Trinajstić information content (AvgIpc) is 2.25. The molecule has 0 aromatic heterocycles. The Morgan fingerprint density at radius 1 is 0.889 bits per heavy atom. The van der Waals surface area contributed by atoms with E-state index in [2.05, 4.69) is 0 Å². The van der Waals surface area contributed by atoms with Crippen LogP contribution in [0.3, 0.4) is 0 Å². The number of alkyl halides is 7. The lowest BCUT2D eigenvalue weighted by Gasteiger charge is -2.19. The lowest BCUT2D eigenvalue weighted by molar-refractivity contribution is -0.222. The van der Waals surface area contributed by atoms with Crippen molar-refractivity contribution < 1.29 is 35.8 Å². The van der Waals surface area contributed by atoms with Crippen molar-refractivity contribution in [2.75, 3.05) is 0 Å². The van der Waals surface area contributed by atoms with Gasteiger partial charge in [-0.2, -0.15) is 26.3 Å². The van der Waals surface area contributed by atoms with E-state index in [9.17, 15) is 30.7 Å². The van der Waals surface area contributed by atoms with Crippen LogP contribution >= 0.6 is 0 Å². The molecule has 8 heteroatoms. The normalized spacial score (nSPS) is 16.4. The largest absolute Gasteiger partial charge is 0.417 e. The van der Waals surface area contributed by atoms with Crippen molar-refractivity contribution in [3.63, 3.8) is 0 Å². The smallest absolute Gasteiger partial charge is 0.381 e. The summed E-state index contributed by atoms with van der Waals surface area (Å²) in [5.41, 5.74) is -1.78. The quantitative estimate of drug-likeness (QED) is 0.818. The summed E-state index contributed by atoms with van der Waals surface area (Å²) in [6.45, 7) is 0. The highest BCUT2D eigenvalue weighted by Gasteiger charge is 2.44. The fourth-order valence-electron chi connectivity index (χ4n) is 1.20. The standard InChI is InChI=1S/C10H7F7O/c11-7(8(18)10(15,16)17)5-1-3-6(4-2-5)9(12,13)14/h1-4,7-8,18H. The molecule has 18 heavy (non-hydrogen) atoms. The van der Waals surface area contributed by atoms with E-state index in [1.54, 1.807) is 0 Å². The number of hydrogen-bond acceptors (Lipinski definition) is 1. The molecule has 2 atom stereocenters. The van der Waals surface area contributed by atoms with Gasteiger partial charge in [0.25, 0.3) is 0 Å². The van der Waals surface area contributed by atoms with E-state index in [1.807, 2.05) is 0 Å². The van der Waals surface area contributed by atoms with Crippen LogP contribution in [-0.4, -0.2) is 17.4 Å². The number of benzene rings is 1. The molecule has 0 saturated carbocycles. The number of aliphatic hydroxyl groups is 1. The van der Waals surface area contributed by atoms with Gasteiger partial charge in [-0.25, -0.2) is 4.39 Å². The van der Waals surface area contributed by atoms with Crippen LogP contribution < -0.4 is 0 Å². The van der Waals surface area contributed by atoms with Gasteiger partial charge >= 0.3 is 12.4 Å². The van der Waals surface area contributed by atoms with Gasteiger partial charge in [-0.1, -0.05) is 12.1 Å². The minimum atomic E-state index is -5.18. The highest BCUT2D eigenvalue weighted by atomic mass is 19.4. The average molecular weight is 276 g/mol. The van der Waals surface area contributed by atoms with Crippen LogP contribution in [-0.2, 0) is 6.18 Å². The summed E-state index contributed by atoms with van der Waals surface area (Å²) in [5, 5.41) is 8.61. The van der Waals surface area contributed by atoms with Gasteiger partial charge in [0.2, 0.25) is 0 Å². The Morgan fingerprint density at radius 3 is 1.67 bits per heavy atom. The summed E-state index contributed by atoms with van der Waals surface area (Å²) in [7, 11) is 0. The highest BCUT2D eigenvalue weighted by Crippen LogP contribution is 2.34.